The monoisotopic (exact) mass is 514 g/mol. The normalized spacial score (nSPS) is 17.1. The number of fused-ring (bicyclic) bond motifs is 2. The van der Waals surface area contributed by atoms with Crippen LogP contribution in [0.3, 0.4) is 0 Å². The van der Waals surface area contributed by atoms with Crippen LogP contribution in [0, 0.1) is 0 Å². The van der Waals surface area contributed by atoms with Crippen molar-refractivity contribution in [3.8, 4) is 0 Å². The van der Waals surface area contributed by atoms with E-state index in [0.717, 1.165) is 36.1 Å². The van der Waals surface area contributed by atoms with E-state index in [9.17, 15) is 22.8 Å². The lowest BCUT2D eigenvalue weighted by atomic mass is 10.1. The highest BCUT2D eigenvalue weighted by atomic mass is 19.4. The molecule has 2 N–H and O–H groups in total. The molecule has 0 saturated carbocycles. The van der Waals surface area contributed by atoms with Gasteiger partial charge in [-0.25, -0.2) is 9.67 Å². The van der Waals surface area contributed by atoms with Crippen molar-refractivity contribution >= 4 is 39.1 Å². The molecule has 1 aliphatic heterocycles. The molecule has 3 aromatic heterocycles. The summed E-state index contributed by atoms with van der Waals surface area (Å²) in [5.74, 6) is -0.912. The molecule has 1 amide bonds. The van der Waals surface area contributed by atoms with Gasteiger partial charge in [0.05, 0.1) is 29.2 Å². The highest BCUT2D eigenvalue weighted by Crippen LogP contribution is 2.28. The van der Waals surface area contributed by atoms with Gasteiger partial charge in [0.15, 0.2) is 11.9 Å². The Labute approximate surface area is 209 Å². The van der Waals surface area contributed by atoms with Crippen LogP contribution in [0.5, 0.6) is 0 Å². The van der Waals surface area contributed by atoms with Crippen molar-refractivity contribution in [1.82, 2.24) is 24.6 Å². The summed E-state index contributed by atoms with van der Waals surface area (Å²) >= 11 is 0. The molecule has 0 radical (unpaired) electrons. The van der Waals surface area contributed by atoms with Crippen LogP contribution in [0.1, 0.15) is 32.4 Å². The van der Waals surface area contributed by atoms with Crippen LogP contribution in [0.15, 0.2) is 53.7 Å². The molecule has 1 saturated heterocycles. The summed E-state index contributed by atoms with van der Waals surface area (Å²) in [6, 6.07) is 6.71. The summed E-state index contributed by atoms with van der Waals surface area (Å²) in [7, 11) is 0. The number of carbonyl (C=O) groups is 1. The Balaban J connectivity index is 1.41. The third-order valence-electron chi connectivity index (χ3n) is 6.33. The first-order valence-corrected chi connectivity index (χ1v) is 11.9. The summed E-state index contributed by atoms with van der Waals surface area (Å²) in [6.45, 7) is 0.993. The van der Waals surface area contributed by atoms with E-state index in [1.54, 1.807) is 41.3 Å². The van der Waals surface area contributed by atoms with Crippen LogP contribution >= 0.6 is 0 Å². The SMILES string of the molecule is C[C@H](NC(=O)Cn1ccc2cccc(Nc3cnc4c(cnn4C4CCCCO4)c3)c2c1=O)C(F)(F)F. The van der Waals surface area contributed by atoms with Gasteiger partial charge in [0.2, 0.25) is 5.91 Å². The summed E-state index contributed by atoms with van der Waals surface area (Å²) in [5, 5.41) is 11.2. The summed E-state index contributed by atoms with van der Waals surface area (Å²) < 4.78 is 47.0. The molecule has 0 bridgehead atoms. The zero-order valence-corrected chi connectivity index (χ0v) is 20.0. The van der Waals surface area contributed by atoms with Gasteiger partial charge in [-0.05, 0) is 49.8 Å². The average Bonchev–Trinajstić information content (AvgIpc) is 3.29. The number of alkyl halides is 3. The van der Waals surface area contributed by atoms with Gasteiger partial charge in [0.25, 0.3) is 5.56 Å². The standard InChI is InChI=1S/C25H25F3N6O3/c1-15(25(26,27)28)31-20(35)14-33-9-8-16-5-4-6-19(22(16)24(33)36)32-18-11-17-12-30-34(23(17)29-13-18)21-7-2-3-10-37-21/h4-6,8-9,11-13,15,21,32H,2-3,7,10,14H2,1H3,(H,31,35)/t15-,21?/m0/s1. The number of anilines is 2. The molecule has 0 spiro atoms. The van der Waals surface area contributed by atoms with E-state index < -0.39 is 30.2 Å². The first kappa shape index (κ1) is 24.8. The molecule has 1 fully saturated rings. The molecular formula is C25H25F3N6O3. The number of halogens is 3. The predicted octanol–water partition coefficient (Wildman–Crippen LogP) is 4.26. The van der Waals surface area contributed by atoms with Crippen molar-refractivity contribution in [2.75, 3.05) is 11.9 Å². The fraction of sp³-hybridized carbons (Fsp3) is 0.360. The number of amides is 1. The molecule has 5 rings (SSSR count). The molecule has 12 heteroatoms. The topological polar surface area (TPSA) is 103 Å². The smallest absolute Gasteiger partial charge is 0.356 e. The number of benzene rings is 1. The summed E-state index contributed by atoms with van der Waals surface area (Å²) in [5.41, 5.74) is 1.28. The van der Waals surface area contributed by atoms with Crippen molar-refractivity contribution in [1.29, 1.82) is 0 Å². The fourth-order valence-corrected chi connectivity index (χ4v) is 4.37. The minimum absolute atomic E-state index is 0.148. The molecule has 9 nitrogen and oxygen atoms in total. The lowest BCUT2D eigenvalue weighted by Crippen LogP contribution is -2.45. The van der Waals surface area contributed by atoms with Crippen LogP contribution in [0.25, 0.3) is 21.8 Å². The van der Waals surface area contributed by atoms with Crippen LogP contribution < -0.4 is 16.2 Å². The Bertz CT molecular complexity index is 1510. The zero-order chi connectivity index (χ0) is 26.2. The second-order valence-electron chi connectivity index (χ2n) is 9.02. The second kappa shape index (κ2) is 9.85. The molecular weight excluding hydrogens is 489 g/mol. The number of ether oxygens (including phenoxy) is 1. The molecule has 4 heterocycles. The lowest BCUT2D eigenvalue weighted by molar-refractivity contribution is -0.158. The average molecular weight is 515 g/mol. The molecule has 0 aliphatic carbocycles. The highest BCUT2D eigenvalue weighted by molar-refractivity contribution is 5.95. The van der Waals surface area contributed by atoms with Gasteiger partial charge in [0, 0.05) is 18.2 Å². The van der Waals surface area contributed by atoms with Crippen molar-refractivity contribution < 1.29 is 22.7 Å². The first-order valence-electron chi connectivity index (χ1n) is 11.9. The van der Waals surface area contributed by atoms with Crippen LogP contribution in [-0.4, -0.2) is 44.1 Å². The number of nitrogens with zero attached hydrogens (tertiary/aromatic N) is 4. The molecule has 1 unspecified atom stereocenters. The predicted molar refractivity (Wildman–Crippen MR) is 132 cm³/mol. The third-order valence-corrected chi connectivity index (χ3v) is 6.33. The van der Waals surface area contributed by atoms with Gasteiger partial charge in [0.1, 0.15) is 12.6 Å². The van der Waals surface area contributed by atoms with Crippen molar-refractivity contribution in [3.63, 3.8) is 0 Å². The molecule has 2 atom stereocenters. The Morgan fingerprint density at radius 1 is 1.22 bits per heavy atom. The van der Waals surface area contributed by atoms with Gasteiger partial charge in [-0.1, -0.05) is 12.1 Å². The Kier molecular flexibility index (Phi) is 6.59. The van der Waals surface area contributed by atoms with Crippen molar-refractivity contribution in [2.45, 2.75) is 51.2 Å². The third kappa shape index (κ3) is 5.15. The number of hydrogen-bond donors (Lipinski definition) is 2. The maximum atomic E-state index is 13.2. The molecule has 1 aliphatic rings. The van der Waals surface area contributed by atoms with Gasteiger partial charge in [-0.3, -0.25) is 9.59 Å². The van der Waals surface area contributed by atoms with Gasteiger partial charge < -0.3 is 19.9 Å². The Morgan fingerprint density at radius 2 is 2.05 bits per heavy atom. The fourth-order valence-electron chi connectivity index (χ4n) is 4.37. The van der Waals surface area contributed by atoms with Gasteiger partial charge >= 0.3 is 6.18 Å². The number of rotatable bonds is 6. The van der Waals surface area contributed by atoms with E-state index in [1.807, 2.05) is 11.4 Å². The highest BCUT2D eigenvalue weighted by Gasteiger charge is 2.37. The molecule has 4 aromatic rings. The Morgan fingerprint density at radius 3 is 2.81 bits per heavy atom. The van der Waals surface area contributed by atoms with E-state index in [1.165, 1.54) is 6.20 Å². The number of aromatic nitrogens is 4. The number of nitrogens with one attached hydrogen (secondary N) is 2. The van der Waals surface area contributed by atoms with E-state index in [2.05, 4.69) is 15.4 Å². The number of carbonyl (C=O) groups excluding carboxylic acids is 1. The van der Waals surface area contributed by atoms with Crippen LogP contribution in [0.2, 0.25) is 0 Å². The molecule has 37 heavy (non-hydrogen) atoms. The van der Waals surface area contributed by atoms with E-state index in [0.29, 0.717) is 34.4 Å². The van der Waals surface area contributed by atoms with E-state index in [-0.39, 0.29) is 6.23 Å². The Hall–Kier alpha value is -3.93. The van der Waals surface area contributed by atoms with Crippen LogP contribution in [-0.2, 0) is 16.1 Å². The quantitative estimate of drug-likeness (QED) is 0.399. The van der Waals surface area contributed by atoms with Crippen LogP contribution in [0.4, 0.5) is 24.5 Å². The lowest BCUT2D eigenvalue weighted by Gasteiger charge is -2.23. The largest absolute Gasteiger partial charge is 0.408 e. The number of hydrogen-bond acceptors (Lipinski definition) is 6. The maximum Gasteiger partial charge on any atom is 0.408 e. The van der Waals surface area contributed by atoms with Crippen molar-refractivity contribution in [2.24, 2.45) is 0 Å². The minimum Gasteiger partial charge on any atom is -0.356 e. The summed E-state index contributed by atoms with van der Waals surface area (Å²) in [4.78, 5) is 29.9. The van der Waals surface area contributed by atoms with Crippen molar-refractivity contribution in [3.05, 3.63) is 59.3 Å². The number of pyridine rings is 2. The first-order chi connectivity index (χ1) is 17.7. The maximum absolute atomic E-state index is 13.2. The zero-order valence-electron chi connectivity index (χ0n) is 20.0. The van der Waals surface area contributed by atoms with E-state index >= 15 is 0 Å². The minimum atomic E-state index is -4.57. The molecule has 194 valence electrons. The second-order valence-corrected chi connectivity index (χ2v) is 9.02. The van der Waals surface area contributed by atoms with Gasteiger partial charge in [-0.2, -0.15) is 18.3 Å². The van der Waals surface area contributed by atoms with E-state index in [4.69, 9.17) is 4.74 Å². The molecule has 1 aromatic carbocycles. The summed E-state index contributed by atoms with van der Waals surface area (Å²) in [6.07, 6.45) is 2.98. The van der Waals surface area contributed by atoms with Gasteiger partial charge in [-0.15, -0.1) is 0 Å².